The summed E-state index contributed by atoms with van der Waals surface area (Å²) < 4.78 is 10.9. The number of nitrogens with one attached hydrogen (secondary N) is 1. The molecule has 0 saturated carbocycles. The van der Waals surface area contributed by atoms with E-state index in [1.54, 1.807) is 19.4 Å². The van der Waals surface area contributed by atoms with Crippen LogP contribution in [0.2, 0.25) is 0 Å². The fourth-order valence-corrected chi connectivity index (χ4v) is 3.65. The van der Waals surface area contributed by atoms with Crippen LogP contribution in [0.5, 0.6) is 5.75 Å². The van der Waals surface area contributed by atoms with Crippen molar-refractivity contribution in [3.05, 3.63) is 83.1 Å². The normalized spacial score (nSPS) is 11.2. The number of thiazole rings is 1. The largest absolute Gasteiger partial charge is 0.497 e. The summed E-state index contributed by atoms with van der Waals surface area (Å²) in [5, 5.41) is 4.29. The molecule has 2 aromatic carbocycles. The minimum absolute atomic E-state index is 0.251. The zero-order valence-electron chi connectivity index (χ0n) is 15.2. The molecule has 0 saturated heterocycles. The van der Waals surface area contributed by atoms with E-state index in [0.717, 1.165) is 28.0 Å². The molecule has 1 amide bonds. The molecule has 6 heteroatoms. The van der Waals surface area contributed by atoms with Crippen molar-refractivity contribution in [3.8, 4) is 5.75 Å². The number of methoxy groups -OCH3 is 1. The van der Waals surface area contributed by atoms with Crippen molar-refractivity contribution in [2.24, 2.45) is 0 Å². The lowest BCUT2D eigenvalue weighted by atomic mass is 10.1. The van der Waals surface area contributed by atoms with Crippen LogP contribution in [0.4, 0.5) is 5.13 Å². The van der Waals surface area contributed by atoms with Gasteiger partial charge in [0, 0.05) is 29.0 Å². The molecule has 1 N–H and O–H groups in total. The van der Waals surface area contributed by atoms with Gasteiger partial charge in [-0.1, -0.05) is 30.3 Å². The van der Waals surface area contributed by atoms with E-state index in [1.165, 1.54) is 23.0 Å². The average Bonchev–Trinajstić information content (AvgIpc) is 3.32. The molecule has 0 aliphatic carbocycles. The van der Waals surface area contributed by atoms with Crippen molar-refractivity contribution in [2.45, 2.75) is 6.42 Å². The number of aromatic nitrogens is 1. The molecule has 5 nitrogen and oxygen atoms in total. The quantitative estimate of drug-likeness (QED) is 0.463. The van der Waals surface area contributed by atoms with Gasteiger partial charge in [0.15, 0.2) is 5.13 Å². The predicted octanol–water partition coefficient (Wildman–Crippen LogP) is 5.14. The first-order valence-electron chi connectivity index (χ1n) is 8.75. The topological polar surface area (TPSA) is 64.4 Å². The maximum Gasteiger partial charge on any atom is 0.250 e. The highest BCUT2D eigenvalue weighted by Crippen LogP contribution is 2.25. The third-order valence-corrected chi connectivity index (χ3v) is 5.06. The van der Waals surface area contributed by atoms with Gasteiger partial charge in [0.1, 0.15) is 17.1 Å². The Morgan fingerprint density at radius 1 is 1.21 bits per heavy atom. The average molecular weight is 390 g/mol. The van der Waals surface area contributed by atoms with Crippen molar-refractivity contribution in [1.29, 1.82) is 0 Å². The van der Waals surface area contributed by atoms with Gasteiger partial charge in [0.05, 0.1) is 7.11 Å². The summed E-state index contributed by atoms with van der Waals surface area (Å²) in [7, 11) is 1.62. The molecule has 0 aliphatic rings. The molecule has 4 rings (SSSR count). The number of ether oxygens (including phenoxy) is 1. The van der Waals surface area contributed by atoms with Gasteiger partial charge in [-0.15, -0.1) is 11.3 Å². The van der Waals surface area contributed by atoms with Gasteiger partial charge in [0.25, 0.3) is 0 Å². The molecule has 0 spiro atoms. The molecule has 4 aromatic rings. The summed E-state index contributed by atoms with van der Waals surface area (Å²) in [6, 6.07) is 17.6. The summed E-state index contributed by atoms with van der Waals surface area (Å²) in [4.78, 5) is 17.5. The first-order valence-corrected chi connectivity index (χ1v) is 9.56. The second-order valence-electron chi connectivity index (χ2n) is 6.17. The van der Waals surface area contributed by atoms with Crippen LogP contribution in [0, 0.1) is 0 Å². The van der Waals surface area contributed by atoms with E-state index in [4.69, 9.17) is 9.15 Å². The number of hydrogen-bond acceptors (Lipinski definition) is 5. The lowest BCUT2D eigenvalue weighted by Crippen LogP contribution is -2.06. The van der Waals surface area contributed by atoms with E-state index in [9.17, 15) is 4.79 Å². The monoisotopic (exact) mass is 390 g/mol. The fraction of sp³-hybridized carbons (Fsp3) is 0.0909. The third-order valence-electron chi connectivity index (χ3n) is 4.15. The number of benzene rings is 2. The smallest absolute Gasteiger partial charge is 0.250 e. The molecule has 0 unspecified atom stereocenters. The SMILES string of the molecule is COc1ccc2oc(/C=C/C(=O)Nc3ncc(Cc4ccccc4)s3)cc2c1. The van der Waals surface area contributed by atoms with Crippen molar-refractivity contribution in [2.75, 3.05) is 12.4 Å². The second-order valence-corrected chi connectivity index (χ2v) is 7.28. The third kappa shape index (κ3) is 4.29. The summed E-state index contributed by atoms with van der Waals surface area (Å²) in [5.74, 6) is 1.11. The van der Waals surface area contributed by atoms with E-state index in [2.05, 4.69) is 22.4 Å². The molecule has 0 bridgehead atoms. The van der Waals surface area contributed by atoms with Crippen molar-refractivity contribution in [3.63, 3.8) is 0 Å². The number of rotatable bonds is 6. The minimum Gasteiger partial charge on any atom is -0.497 e. The molecule has 140 valence electrons. The van der Waals surface area contributed by atoms with Gasteiger partial charge < -0.3 is 9.15 Å². The number of anilines is 1. The van der Waals surface area contributed by atoms with Gasteiger partial charge >= 0.3 is 0 Å². The lowest BCUT2D eigenvalue weighted by Gasteiger charge is -1.97. The molecule has 2 heterocycles. The van der Waals surface area contributed by atoms with Crippen LogP contribution in [-0.2, 0) is 11.2 Å². The van der Waals surface area contributed by atoms with E-state index < -0.39 is 0 Å². The number of nitrogens with zero attached hydrogens (tertiary/aromatic N) is 1. The molecular weight excluding hydrogens is 372 g/mol. The summed E-state index contributed by atoms with van der Waals surface area (Å²) in [6.07, 6.45) is 5.67. The van der Waals surface area contributed by atoms with Crippen LogP contribution in [0.1, 0.15) is 16.2 Å². The second kappa shape index (κ2) is 8.10. The standard InChI is InChI=1S/C22H18N2O3S/c1-26-17-7-9-20-16(12-17)13-18(27-20)8-10-21(25)24-22-23-14-19(28-22)11-15-5-3-2-4-6-15/h2-10,12-14H,11H2,1H3,(H,23,24,25)/b10-8+. The molecule has 0 aliphatic heterocycles. The molecule has 0 radical (unpaired) electrons. The molecule has 2 aromatic heterocycles. The van der Waals surface area contributed by atoms with Crippen molar-refractivity contribution < 1.29 is 13.9 Å². The fourth-order valence-electron chi connectivity index (χ4n) is 2.80. The summed E-state index contributed by atoms with van der Waals surface area (Å²) in [5.41, 5.74) is 1.96. The molecule has 28 heavy (non-hydrogen) atoms. The van der Waals surface area contributed by atoms with Crippen LogP contribution in [0.15, 0.2) is 71.3 Å². The van der Waals surface area contributed by atoms with E-state index in [0.29, 0.717) is 10.9 Å². The van der Waals surface area contributed by atoms with Crippen LogP contribution in [0.25, 0.3) is 17.0 Å². The van der Waals surface area contributed by atoms with Crippen LogP contribution in [-0.4, -0.2) is 18.0 Å². The summed E-state index contributed by atoms with van der Waals surface area (Å²) in [6.45, 7) is 0. The number of amides is 1. The van der Waals surface area contributed by atoms with Crippen LogP contribution >= 0.6 is 11.3 Å². The van der Waals surface area contributed by atoms with Crippen LogP contribution < -0.4 is 10.1 Å². The van der Waals surface area contributed by atoms with Crippen molar-refractivity contribution in [1.82, 2.24) is 4.98 Å². The maximum absolute atomic E-state index is 12.2. The van der Waals surface area contributed by atoms with E-state index >= 15 is 0 Å². The zero-order chi connectivity index (χ0) is 19.3. The first kappa shape index (κ1) is 18.0. The van der Waals surface area contributed by atoms with E-state index in [-0.39, 0.29) is 5.91 Å². The Hall–Kier alpha value is -3.38. The number of furan rings is 1. The number of hydrogen-bond donors (Lipinski definition) is 1. The Balaban J connectivity index is 1.39. The highest BCUT2D eigenvalue weighted by atomic mass is 32.1. The van der Waals surface area contributed by atoms with Gasteiger partial charge in [0.2, 0.25) is 5.91 Å². The van der Waals surface area contributed by atoms with Crippen LogP contribution in [0.3, 0.4) is 0 Å². The van der Waals surface area contributed by atoms with Gasteiger partial charge in [-0.2, -0.15) is 0 Å². The Bertz CT molecular complexity index is 1130. The number of carbonyl (C=O) groups is 1. The predicted molar refractivity (Wildman–Crippen MR) is 112 cm³/mol. The van der Waals surface area contributed by atoms with E-state index in [1.807, 2.05) is 42.5 Å². The van der Waals surface area contributed by atoms with Gasteiger partial charge in [-0.25, -0.2) is 4.98 Å². The summed E-state index contributed by atoms with van der Waals surface area (Å²) >= 11 is 1.47. The minimum atomic E-state index is -0.251. The molecular formula is C22H18N2O3S. The highest BCUT2D eigenvalue weighted by Gasteiger charge is 2.07. The maximum atomic E-state index is 12.2. The zero-order valence-corrected chi connectivity index (χ0v) is 16.0. The Morgan fingerprint density at radius 3 is 2.89 bits per heavy atom. The Labute approximate surface area is 166 Å². The van der Waals surface area contributed by atoms with Crippen molar-refractivity contribution >= 4 is 39.4 Å². The number of carbonyl (C=O) groups excluding carboxylic acids is 1. The van der Waals surface area contributed by atoms with Gasteiger partial charge in [-0.3, -0.25) is 10.1 Å². The molecule has 0 fully saturated rings. The molecule has 0 atom stereocenters. The Morgan fingerprint density at radius 2 is 2.07 bits per heavy atom. The van der Waals surface area contributed by atoms with Gasteiger partial charge in [-0.05, 0) is 35.9 Å². The Kier molecular flexibility index (Phi) is 5.21. The first-order chi connectivity index (χ1) is 13.7. The number of fused-ring (bicyclic) bond motifs is 1. The lowest BCUT2D eigenvalue weighted by molar-refractivity contribution is -0.111. The highest BCUT2D eigenvalue weighted by molar-refractivity contribution is 7.15.